The van der Waals surface area contributed by atoms with Crippen molar-refractivity contribution < 1.29 is 46.5 Å². The van der Waals surface area contributed by atoms with E-state index in [0.717, 1.165) is 110 Å². The molecule has 0 aliphatic carbocycles. The Bertz CT molecular complexity index is 7860. The molecular formula is C114H129N14O5+5. The lowest BCUT2D eigenvalue weighted by atomic mass is 9.89. The molecule has 0 atom stereocenters. The number of hydrogen-bond acceptors (Lipinski definition) is 5. The first-order chi connectivity index (χ1) is 64.0. The molecular weight excluding hydrogens is 1650 g/mol. The maximum absolute atomic E-state index is 6.25. The third-order valence-corrected chi connectivity index (χ3v) is 25.0. The van der Waals surface area contributed by atoms with Gasteiger partial charge in [0.2, 0.25) is 0 Å². The van der Waals surface area contributed by atoms with Crippen molar-refractivity contribution in [3.05, 3.63) is 319 Å². The van der Waals surface area contributed by atoms with Gasteiger partial charge in [-0.2, -0.15) is 26.7 Å². The third-order valence-electron chi connectivity index (χ3n) is 25.0. The number of hydrogen-bond donors (Lipinski definition) is 0. The highest BCUT2D eigenvalue weighted by Gasteiger charge is 2.33. The molecule has 0 N–H and O–H groups in total. The van der Waals surface area contributed by atoms with Crippen LogP contribution < -0.4 is 46.5 Å². The number of para-hydroxylation sites is 9. The molecule has 19 heteroatoms. The summed E-state index contributed by atoms with van der Waals surface area (Å²) in [5.41, 5.74) is 28.0. The van der Waals surface area contributed by atoms with Crippen LogP contribution in [0.4, 0.5) is 0 Å². The highest BCUT2D eigenvalue weighted by atomic mass is 16.5. The number of benzene rings is 11. The molecule has 0 fully saturated rings. The number of aryl methyl sites for hydroxylation is 6. The van der Waals surface area contributed by atoms with Gasteiger partial charge in [0, 0.05) is 44.2 Å². The van der Waals surface area contributed by atoms with Gasteiger partial charge in [-0.25, -0.2) is 36.4 Å². The number of pyridine rings is 1. The summed E-state index contributed by atoms with van der Waals surface area (Å²) < 4.78 is 61.7. The molecule has 10 heterocycles. The van der Waals surface area contributed by atoms with Crippen LogP contribution >= 0.6 is 0 Å². The second-order valence-electron chi connectivity index (χ2n) is 37.6. The third kappa shape index (κ3) is 17.1. The van der Waals surface area contributed by atoms with E-state index in [9.17, 15) is 0 Å². The monoisotopic (exact) mass is 1770 g/mol. The summed E-state index contributed by atoms with van der Waals surface area (Å²) in [5.74, 6) is 10.4. The van der Waals surface area contributed by atoms with Crippen LogP contribution in [0.25, 0.3) is 129 Å². The van der Waals surface area contributed by atoms with Gasteiger partial charge < -0.3 is 23.7 Å². The Morgan fingerprint density at radius 2 is 0.692 bits per heavy atom. The molecule has 21 rings (SSSR count). The van der Waals surface area contributed by atoms with E-state index in [1.54, 1.807) is 0 Å². The number of nitrogens with zero attached hydrogens (tertiary/aromatic N) is 14. The molecule has 133 heavy (non-hydrogen) atoms. The SMILES string of the molecule is Cc1c(OC(C)C)ccc2c3ccccc3n3c(-c4c(CC(C)C)cccc4CC(C)C)c[n+](C)c3c12.Cc1c(OC(C)C)cccc1-n1c2ccccc2n2c3ccccc3[n+](C)c12.Cc1c(OC(C)C)cccc1-n1c2ccccc2n2cc[n+](C)c12.Cc1c(OC(C)C)cccc1-n1ccn2c3ccccc3[n+](C)c12.Cc1c(OC(C)C)cccc1-n1ccn2cc[n+](C)c12. The van der Waals surface area contributed by atoms with Gasteiger partial charge in [0.1, 0.15) is 145 Å². The van der Waals surface area contributed by atoms with Gasteiger partial charge in [-0.1, -0.05) is 137 Å². The Labute approximate surface area is 780 Å². The Balaban J connectivity index is 0.000000118. The minimum absolute atomic E-state index is 0.130. The van der Waals surface area contributed by atoms with Gasteiger partial charge in [0.25, 0.3) is 5.65 Å². The molecule has 0 aliphatic heterocycles. The first-order valence-electron chi connectivity index (χ1n) is 47.0. The van der Waals surface area contributed by atoms with E-state index in [1.807, 2.05) is 38.1 Å². The van der Waals surface area contributed by atoms with Crippen LogP contribution in [0.1, 0.15) is 136 Å². The average Bonchev–Trinajstić information content (AvgIpc) is 1.58. The minimum atomic E-state index is 0.130. The number of rotatable bonds is 19. The molecule has 19 nitrogen and oxygen atoms in total. The second-order valence-corrected chi connectivity index (χ2v) is 37.6. The van der Waals surface area contributed by atoms with Gasteiger partial charge in [-0.05, 0) is 255 Å². The fourth-order valence-electron chi connectivity index (χ4n) is 19.4. The zero-order chi connectivity index (χ0) is 93.8. The van der Waals surface area contributed by atoms with Crippen molar-refractivity contribution in [2.45, 2.75) is 175 Å². The van der Waals surface area contributed by atoms with Crippen molar-refractivity contribution in [2.24, 2.45) is 47.1 Å². The number of aromatic nitrogens is 14. The average molecular weight is 1780 g/mol. The smallest absolute Gasteiger partial charge is 0.375 e. The lowest BCUT2D eigenvalue weighted by molar-refractivity contribution is -0.647. The largest absolute Gasteiger partial charge is 0.491 e. The Hall–Kier alpha value is -14.3. The summed E-state index contributed by atoms with van der Waals surface area (Å²) in [5, 5.41) is 3.81. The van der Waals surface area contributed by atoms with E-state index < -0.39 is 0 Å². The highest BCUT2D eigenvalue weighted by molar-refractivity contribution is 6.13. The number of fused-ring (bicyclic) bond motifs is 18. The first kappa shape index (κ1) is 90.6. The van der Waals surface area contributed by atoms with Gasteiger partial charge in [-0.15, -0.1) is 0 Å². The normalized spacial score (nSPS) is 11.8. The zero-order valence-corrected chi connectivity index (χ0v) is 81.8. The van der Waals surface area contributed by atoms with Crippen molar-refractivity contribution in [1.82, 2.24) is 40.3 Å². The molecule has 680 valence electrons. The lowest BCUT2D eigenvalue weighted by Crippen LogP contribution is -2.29. The molecule has 0 radical (unpaired) electrons. The predicted molar refractivity (Wildman–Crippen MR) is 540 cm³/mol. The molecule has 0 amide bonds. The molecule has 0 saturated carbocycles. The van der Waals surface area contributed by atoms with Gasteiger partial charge in [-0.3, -0.25) is 0 Å². The first-order valence-corrected chi connectivity index (χ1v) is 47.0. The Morgan fingerprint density at radius 3 is 1.23 bits per heavy atom. The Kier molecular flexibility index (Phi) is 25.5. The molecule has 11 aromatic carbocycles. The fraction of sp³-hybridized carbons (Fsp3) is 0.289. The van der Waals surface area contributed by atoms with Crippen LogP contribution in [0.2, 0.25) is 0 Å². The van der Waals surface area contributed by atoms with Crippen LogP contribution in [-0.2, 0) is 48.1 Å². The lowest BCUT2D eigenvalue weighted by Gasteiger charge is -2.17. The van der Waals surface area contributed by atoms with E-state index >= 15 is 0 Å². The van der Waals surface area contributed by atoms with Gasteiger partial charge >= 0.3 is 23.1 Å². The van der Waals surface area contributed by atoms with Crippen molar-refractivity contribution >= 4 is 94.6 Å². The summed E-state index contributed by atoms with van der Waals surface area (Å²) in [6.07, 6.45) is 21.9. The summed E-state index contributed by atoms with van der Waals surface area (Å²) >= 11 is 0. The van der Waals surface area contributed by atoms with Crippen LogP contribution in [0.5, 0.6) is 28.7 Å². The maximum Gasteiger partial charge on any atom is 0.375 e. The molecule has 10 aromatic heterocycles. The van der Waals surface area contributed by atoms with E-state index in [1.165, 1.54) is 99.4 Å². The van der Waals surface area contributed by atoms with Crippen LogP contribution in [0.15, 0.2) is 280 Å². The molecule has 0 saturated heterocycles. The molecule has 0 bridgehead atoms. The minimum Gasteiger partial charge on any atom is -0.491 e. The van der Waals surface area contributed by atoms with Crippen LogP contribution in [-0.4, -0.2) is 70.8 Å². The summed E-state index contributed by atoms with van der Waals surface area (Å²) in [4.78, 5) is 0. The Morgan fingerprint density at radius 1 is 0.293 bits per heavy atom. The van der Waals surface area contributed by atoms with E-state index in [-0.39, 0.29) is 30.5 Å². The maximum atomic E-state index is 6.25. The van der Waals surface area contributed by atoms with Crippen molar-refractivity contribution in [2.75, 3.05) is 0 Å². The topological polar surface area (TPSA) is 107 Å². The predicted octanol–water partition coefficient (Wildman–Crippen LogP) is 23.4. The highest BCUT2D eigenvalue weighted by Crippen LogP contribution is 2.42. The van der Waals surface area contributed by atoms with Gasteiger partial charge in [0.05, 0.1) is 83.5 Å². The summed E-state index contributed by atoms with van der Waals surface area (Å²) in [7, 11) is 10.6. The van der Waals surface area contributed by atoms with E-state index in [4.69, 9.17) is 23.7 Å². The van der Waals surface area contributed by atoms with Crippen molar-refractivity contribution in [3.63, 3.8) is 0 Å². The second kappa shape index (κ2) is 37.5. The summed E-state index contributed by atoms with van der Waals surface area (Å²) in [6.45, 7) is 40.6. The number of imidazole rings is 9. The molecule has 21 aromatic rings. The zero-order valence-electron chi connectivity index (χ0n) is 81.8. The van der Waals surface area contributed by atoms with Crippen molar-refractivity contribution in [1.29, 1.82) is 0 Å². The van der Waals surface area contributed by atoms with E-state index in [0.29, 0.717) is 11.8 Å². The quantitative estimate of drug-likeness (QED) is 0.0592. The molecule has 0 aliphatic rings. The van der Waals surface area contributed by atoms with Crippen LogP contribution in [0.3, 0.4) is 0 Å². The fourth-order valence-corrected chi connectivity index (χ4v) is 19.4. The molecule has 0 unspecified atom stereocenters. The van der Waals surface area contributed by atoms with E-state index in [2.05, 4.69) is 472 Å². The van der Waals surface area contributed by atoms with Crippen molar-refractivity contribution in [3.8, 4) is 62.8 Å². The standard InChI is InChI=1S/C34H41N2O.C24H24N3O.2C20H22N3O.C16H20N3O/c1-21(2)18-25-12-11-13-26(19-22(3)4)33(25)30-20-35(8)34-32-24(7)31(37-23(5)6)17-16-28(32)27-14-9-10-15-29(27)36(30)34;1-16(2)28-23-15-9-14-18(17(23)3)26-21-12-7-8-13-22(21)27-20-11-6-5-10-19(20)25(4)24(26)27;1-14(2)24-19-11-7-10-16(15(19)3)22-12-13-23-18-9-6-5-8-17(18)21(4)20(22)23;1-14(2)24-19-11-7-10-16(15(19)3)23-18-9-6-5-8-17(18)22-13-12-21(4)20(22)23;1-12(2)20-15-7-5-6-14(13(15)3)19-11-10-18-9-8-17(4)16(18)19/h9-17,20-23H,18-19H2,1-8H3;5-16H,1-4H3;2*5-14H,1-4H3;5-12H,1-4H3/q5*+1. The molecule has 0 spiro atoms. The van der Waals surface area contributed by atoms with Gasteiger partial charge in [0.15, 0.2) is 5.69 Å². The van der Waals surface area contributed by atoms with Crippen LogP contribution in [0, 0.1) is 46.5 Å². The number of ether oxygens (including phenoxy) is 5. The summed E-state index contributed by atoms with van der Waals surface area (Å²) in [6, 6.07) is 79.2.